The molecule has 1 aliphatic rings. The smallest absolute Gasteiger partial charge is 0.258 e. The van der Waals surface area contributed by atoms with Crippen LogP contribution in [-0.4, -0.2) is 55.8 Å². The molecule has 0 aliphatic carbocycles. The van der Waals surface area contributed by atoms with Gasteiger partial charge in [0.25, 0.3) is 5.91 Å². The van der Waals surface area contributed by atoms with Crippen LogP contribution in [0.3, 0.4) is 0 Å². The Morgan fingerprint density at radius 1 is 1.44 bits per heavy atom. The minimum Gasteiger partial charge on any atom is -0.461 e. The molecular formula is C17H21N3O3S2. The maximum Gasteiger partial charge on any atom is 0.258 e. The number of nitrogens with zero attached hydrogens (tertiary/aromatic N) is 3. The zero-order valence-electron chi connectivity index (χ0n) is 14.5. The zero-order valence-corrected chi connectivity index (χ0v) is 16.2. The lowest BCUT2D eigenvalue weighted by atomic mass is 10.1. The molecule has 0 saturated carbocycles. The standard InChI is InChI=1S/C17H21N3O3S2/c1-11-9-20(6-8-25(22)10-11)17(21)14-12(2)18-15(19-16(14)24-3)13-5-4-7-23-13/h4-5,7,11H,6,8-10H2,1-3H3/t11-,25-/m1/s1. The number of furan rings is 1. The summed E-state index contributed by atoms with van der Waals surface area (Å²) in [5.74, 6) is 2.36. The lowest BCUT2D eigenvalue weighted by molar-refractivity contribution is 0.0746. The fraction of sp³-hybridized carbons (Fsp3) is 0.471. The maximum atomic E-state index is 13.1. The normalized spacial score (nSPS) is 21.2. The Morgan fingerprint density at radius 3 is 2.92 bits per heavy atom. The Morgan fingerprint density at radius 2 is 2.24 bits per heavy atom. The molecule has 3 heterocycles. The number of carbonyl (C=O) groups is 1. The van der Waals surface area contributed by atoms with Gasteiger partial charge < -0.3 is 9.32 Å². The van der Waals surface area contributed by atoms with Crippen LogP contribution in [-0.2, 0) is 10.8 Å². The van der Waals surface area contributed by atoms with Gasteiger partial charge in [0, 0.05) is 35.4 Å². The van der Waals surface area contributed by atoms with Gasteiger partial charge in [-0.3, -0.25) is 9.00 Å². The third-order valence-electron chi connectivity index (χ3n) is 4.08. The van der Waals surface area contributed by atoms with Crippen molar-refractivity contribution in [2.75, 3.05) is 30.9 Å². The van der Waals surface area contributed by atoms with Crippen LogP contribution in [0, 0.1) is 12.8 Å². The van der Waals surface area contributed by atoms with E-state index in [1.165, 1.54) is 11.8 Å². The molecule has 1 saturated heterocycles. The molecule has 0 unspecified atom stereocenters. The lowest BCUT2D eigenvalue weighted by Gasteiger charge is -2.23. The molecular weight excluding hydrogens is 358 g/mol. The number of carbonyl (C=O) groups excluding carboxylic acids is 1. The molecule has 0 N–H and O–H groups in total. The minimum absolute atomic E-state index is 0.0846. The molecule has 0 bridgehead atoms. The quantitative estimate of drug-likeness (QED) is 0.603. The molecule has 2 aromatic heterocycles. The Bertz CT molecular complexity index is 793. The van der Waals surface area contributed by atoms with E-state index in [-0.39, 0.29) is 11.8 Å². The Hall–Kier alpha value is -1.67. The van der Waals surface area contributed by atoms with Crippen LogP contribution >= 0.6 is 11.8 Å². The van der Waals surface area contributed by atoms with Gasteiger partial charge >= 0.3 is 0 Å². The zero-order chi connectivity index (χ0) is 18.0. The predicted molar refractivity (Wildman–Crippen MR) is 99.2 cm³/mol. The SMILES string of the molecule is CSc1nc(-c2ccco2)nc(C)c1C(=O)N1CC[S@@](=O)C[C@H](C)C1. The van der Waals surface area contributed by atoms with Crippen molar-refractivity contribution in [3.8, 4) is 11.6 Å². The van der Waals surface area contributed by atoms with Crippen molar-refractivity contribution in [1.82, 2.24) is 14.9 Å². The number of rotatable bonds is 3. The summed E-state index contributed by atoms with van der Waals surface area (Å²) in [6, 6.07) is 3.58. The molecule has 6 nitrogen and oxygen atoms in total. The van der Waals surface area contributed by atoms with E-state index in [1.54, 1.807) is 23.3 Å². The van der Waals surface area contributed by atoms with Gasteiger partial charge in [-0.15, -0.1) is 11.8 Å². The highest BCUT2D eigenvalue weighted by Crippen LogP contribution is 2.26. The van der Waals surface area contributed by atoms with Gasteiger partial charge in [0.1, 0.15) is 5.03 Å². The highest BCUT2D eigenvalue weighted by molar-refractivity contribution is 7.98. The first-order chi connectivity index (χ1) is 12.0. The van der Waals surface area contributed by atoms with Gasteiger partial charge in [-0.2, -0.15) is 0 Å². The third kappa shape index (κ3) is 3.95. The van der Waals surface area contributed by atoms with E-state index in [0.29, 0.717) is 52.5 Å². The number of hydrogen-bond donors (Lipinski definition) is 0. The topological polar surface area (TPSA) is 76.3 Å². The number of amides is 1. The average molecular weight is 380 g/mol. The van der Waals surface area contributed by atoms with E-state index in [2.05, 4.69) is 9.97 Å². The summed E-state index contributed by atoms with van der Waals surface area (Å²) in [6.45, 7) is 4.96. The average Bonchev–Trinajstić information content (AvgIpc) is 3.05. The van der Waals surface area contributed by atoms with E-state index in [1.807, 2.05) is 20.1 Å². The lowest BCUT2D eigenvalue weighted by Crippen LogP contribution is -2.36. The fourth-order valence-corrected chi connectivity index (χ4v) is 4.88. The number of hydrogen-bond acceptors (Lipinski definition) is 6. The van der Waals surface area contributed by atoms with Crippen LogP contribution in [0.4, 0.5) is 0 Å². The van der Waals surface area contributed by atoms with Gasteiger partial charge in [-0.25, -0.2) is 9.97 Å². The van der Waals surface area contributed by atoms with E-state index < -0.39 is 10.8 Å². The first-order valence-electron chi connectivity index (χ1n) is 8.10. The number of aryl methyl sites for hydroxylation is 1. The van der Waals surface area contributed by atoms with E-state index in [0.717, 1.165) is 0 Å². The molecule has 0 aromatic carbocycles. The van der Waals surface area contributed by atoms with E-state index in [9.17, 15) is 9.00 Å². The molecule has 0 radical (unpaired) electrons. The summed E-state index contributed by atoms with van der Waals surface area (Å²) in [5, 5.41) is 0.641. The van der Waals surface area contributed by atoms with Crippen LogP contribution in [0.2, 0.25) is 0 Å². The molecule has 25 heavy (non-hydrogen) atoms. The van der Waals surface area contributed by atoms with Crippen molar-refractivity contribution >= 4 is 28.5 Å². The van der Waals surface area contributed by atoms with E-state index in [4.69, 9.17) is 4.42 Å². The number of thioether (sulfide) groups is 1. The van der Waals surface area contributed by atoms with Crippen LogP contribution in [0.15, 0.2) is 27.8 Å². The van der Waals surface area contributed by atoms with Crippen LogP contribution in [0.5, 0.6) is 0 Å². The predicted octanol–water partition coefficient (Wildman–Crippen LogP) is 2.61. The molecule has 1 amide bonds. The molecule has 2 atom stereocenters. The number of aromatic nitrogens is 2. The first-order valence-corrected chi connectivity index (χ1v) is 10.8. The van der Waals surface area contributed by atoms with Gasteiger partial charge in [0.15, 0.2) is 11.6 Å². The molecule has 134 valence electrons. The molecule has 0 spiro atoms. The largest absolute Gasteiger partial charge is 0.461 e. The van der Waals surface area contributed by atoms with Crippen LogP contribution < -0.4 is 0 Å². The summed E-state index contributed by atoms with van der Waals surface area (Å²) in [5.41, 5.74) is 1.16. The highest BCUT2D eigenvalue weighted by atomic mass is 32.2. The van der Waals surface area contributed by atoms with Crippen molar-refractivity contribution in [2.45, 2.75) is 18.9 Å². The summed E-state index contributed by atoms with van der Waals surface area (Å²) < 4.78 is 17.3. The van der Waals surface area contributed by atoms with Crippen molar-refractivity contribution in [1.29, 1.82) is 0 Å². The minimum atomic E-state index is -0.861. The fourth-order valence-electron chi connectivity index (χ4n) is 2.93. The highest BCUT2D eigenvalue weighted by Gasteiger charge is 2.28. The third-order valence-corrected chi connectivity index (χ3v) is 6.34. The van der Waals surface area contributed by atoms with Crippen LogP contribution in [0.25, 0.3) is 11.6 Å². The first kappa shape index (κ1) is 18.1. The monoisotopic (exact) mass is 379 g/mol. The summed E-state index contributed by atoms with van der Waals surface area (Å²) >= 11 is 1.42. The summed E-state index contributed by atoms with van der Waals surface area (Å²) in [4.78, 5) is 23.9. The summed E-state index contributed by atoms with van der Waals surface area (Å²) in [6.07, 6.45) is 3.47. The molecule has 3 rings (SSSR count). The Labute approximate surface area is 153 Å². The second kappa shape index (κ2) is 7.70. The van der Waals surface area contributed by atoms with Gasteiger partial charge in [-0.05, 0) is 31.2 Å². The Balaban J connectivity index is 1.95. The van der Waals surface area contributed by atoms with Crippen LogP contribution in [0.1, 0.15) is 23.0 Å². The molecule has 1 aliphatic heterocycles. The maximum absolute atomic E-state index is 13.1. The van der Waals surface area contributed by atoms with Gasteiger partial charge in [-0.1, -0.05) is 6.92 Å². The van der Waals surface area contributed by atoms with Gasteiger partial charge in [0.2, 0.25) is 0 Å². The van der Waals surface area contributed by atoms with Crippen molar-refractivity contribution < 1.29 is 13.4 Å². The van der Waals surface area contributed by atoms with E-state index >= 15 is 0 Å². The molecule has 2 aromatic rings. The molecule has 1 fully saturated rings. The van der Waals surface area contributed by atoms with Crippen molar-refractivity contribution in [3.63, 3.8) is 0 Å². The second-order valence-electron chi connectivity index (χ2n) is 6.16. The second-order valence-corrected chi connectivity index (χ2v) is 8.58. The Kier molecular flexibility index (Phi) is 5.58. The van der Waals surface area contributed by atoms with Crippen molar-refractivity contribution in [3.05, 3.63) is 29.7 Å². The van der Waals surface area contributed by atoms with Gasteiger partial charge in [0.05, 0.1) is 17.5 Å². The van der Waals surface area contributed by atoms with Crippen molar-refractivity contribution in [2.24, 2.45) is 5.92 Å². The summed E-state index contributed by atoms with van der Waals surface area (Å²) in [7, 11) is -0.861. The molecule has 8 heteroatoms.